The molecule has 0 aromatic heterocycles. The van der Waals surface area contributed by atoms with Crippen LogP contribution in [-0.4, -0.2) is 31.3 Å². The second-order valence-corrected chi connectivity index (χ2v) is 6.96. The van der Waals surface area contributed by atoms with Crippen LogP contribution in [-0.2, 0) is 15.1 Å². The number of ether oxygens (including phenoxy) is 2. The number of carbonyl (C=O) groups is 1. The average Bonchev–Trinajstić information content (AvgIpc) is 3.17. The van der Waals surface area contributed by atoms with E-state index in [9.17, 15) is 0 Å². The number of methoxy groups -OCH3 is 1. The van der Waals surface area contributed by atoms with Gasteiger partial charge in [0.25, 0.3) is 12.5 Å². The van der Waals surface area contributed by atoms with Crippen LogP contribution in [0.3, 0.4) is 0 Å². The number of aliphatic imine (C=N–C) groups is 1. The highest BCUT2D eigenvalue weighted by atomic mass is 35.5. The summed E-state index contributed by atoms with van der Waals surface area (Å²) >= 11 is 6.16. The number of hydrogen-bond donors (Lipinski definition) is 2. The zero-order valence-corrected chi connectivity index (χ0v) is 17.0. The molecule has 0 fully saturated rings. The van der Waals surface area contributed by atoms with Gasteiger partial charge in [0.15, 0.2) is 5.54 Å². The molecule has 3 N–H and O–H groups in total. The lowest BCUT2D eigenvalue weighted by atomic mass is 9.83. The van der Waals surface area contributed by atoms with E-state index in [-0.39, 0.29) is 12.5 Å². The maximum atomic E-state index is 8.36. The van der Waals surface area contributed by atoms with Crippen molar-refractivity contribution in [2.45, 2.75) is 5.54 Å². The highest BCUT2D eigenvalue weighted by molar-refractivity contribution is 6.30. The Morgan fingerprint density at radius 2 is 1.70 bits per heavy atom. The maximum Gasteiger partial charge on any atom is 0.290 e. The molecule has 154 valence electrons. The van der Waals surface area contributed by atoms with E-state index in [4.69, 9.17) is 36.7 Å². The molecule has 3 aromatic rings. The minimum absolute atomic E-state index is 0.193. The third kappa shape index (κ3) is 4.39. The van der Waals surface area contributed by atoms with Crippen LogP contribution >= 0.6 is 11.6 Å². The Labute approximate surface area is 179 Å². The summed E-state index contributed by atoms with van der Waals surface area (Å²) in [4.78, 5) is 13.0. The summed E-state index contributed by atoms with van der Waals surface area (Å²) < 4.78 is 10.8. The molecular formula is C23H21ClN2O4. The molecule has 0 saturated carbocycles. The number of halogens is 1. The molecule has 1 unspecified atom stereocenters. The van der Waals surface area contributed by atoms with Crippen LogP contribution < -0.4 is 10.5 Å². The van der Waals surface area contributed by atoms with Crippen LogP contribution in [0.4, 0.5) is 0 Å². The van der Waals surface area contributed by atoms with E-state index in [1.54, 1.807) is 7.11 Å². The quantitative estimate of drug-likeness (QED) is 0.609. The van der Waals surface area contributed by atoms with Crippen LogP contribution in [0.5, 0.6) is 5.75 Å². The van der Waals surface area contributed by atoms with Crippen molar-refractivity contribution in [3.05, 3.63) is 88.9 Å². The second-order valence-electron chi connectivity index (χ2n) is 6.52. The molecule has 3 aromatic carbocycles. The highest BCUT2D eigenvalue weighted by Crippen LogP contribution is 2.39. The van der Waals surface area contributed by atoms with Gasteiger partial charge < -0.3 is 20.3 Å². The standard InChI is InChI=1S/C22H19ClN2O2.CH2O2/c1-26-20-10-8-17(9-11-20)22(14-27-21(24)25-22)18-6-2-4-15(12-18)16-5-3-7-19(23)13-16;2-1-3/h2-13H,14H2,1H3,(H2,24,25);1H,(H,2,3). The molecule has 7 heteroatoms. The van der Waals surface area contributed by atoms with Crippen molar-refractivity contribution < 1.29 is 19.4 Å². The lowest BCUT2D eigenvalue weighted by Gasteiger charge is -2.26. The number of benzene rings is 3. The SMILES string of the molecule is COc1ccc(C2(c3cccc(-c4cccc(Cl)c4)c3)COC(N)=N2)cc1.O=CO. The summed E-state index contributed by atoms with van der Waals surface area (Å²) in [5.41, 5.74) is 9.31. The second kappa shape index (κ2) is 9.33. The van der Waals surface area contributed by atoms with Crippen LogP contribution in [0.1, 0.15) is 11.1 Å². The first-order valence-corrected chi connectivity index (χ1v) is 9.47. The first kappa shape index (κ1) is 21.2. The Balaban J connectivity index is 0.000000806. The lowest BCUT2D eigenvalue weighted by molar-refractivity contribution is -0.122. The molecule has 1 atom stereocenters. The van der Waals surface area contributed by atoms with Gasteiger partial charge in [0.1, 0.15) is 12.4 Å². The van der Waals surface area contributed by atoms with E-state index in [1.807, 2.05) is 60.7 Å². The van der Waals surface area contributed by atoms with Gasteiger partial charge in [0.2, 0.25) is 0 Å². The molecule has 6 nitrogen and oxygen atoms in total. The first-order valence-electron chi connectivity index (χ1n) is 9.09. The fourth-order valence-corrected chi connectivity index (χ4v) is 3.57. The molecule has 1 heterocycles. The van der Waals surface area contributed by atoms with Crippen molar-refractivity contribution in [3.63, 3.8) is 0 Å². The van der Waals surface area contributed by atoms with E-state index < -0.39 is 5.54 Å². The van der Waals surface area contributed by atoms with Gasteiger partial charge in [-0.25, -0.2) is 4.99 Å². The van der Waals surface area contributed by atoms with Crippen molar-refractivity contribution in [2.24, 2.45) is 10.7 Å². The smallest absolute Gasteiger partial charge is 0.290 e. The Hall–Kier alpha value is -3.51. The number of carboxylic acid groups (broad SMARTS) is 1. The van der Waals surface area contributed by atoms with Gasteiger partial charge in [-0.3, -0.25) is 4.79 Å². The fraction of sp³-hybridized carbons (Fsp3) is 0.130. The summed E-state index contributed by atoms with van der Waals surface area (Å²) in [7, 11) is 1.65. The normalized spacial score (nSPS) is 17.2. The highest BCUT2D eigenvalue weighted by Gasteiger charge is 2.40. The molecular weight excluding hydrogens is 404 g/mol. The molecule has 0 bridgehead atoms. The molecule has 30 heavy (non-hydrogen) atoms. The maximum absolute atomic E-state index is 8.36. The molecule has 0 aliphatic carbocycles. The zero-order valence-electron chi connectivity index (χ0n) is 16.3. The van der Waals surface area contributed by atoms with Gasteiger partial charge >= 0.3 is 0 Å². The fourth-order valence-electron chi connectivity index (χ4n) is 3.38. The van der Waals surface area contributed by atoms with Gasteiger partial charge in [-0.15, -0.1) is 0 Å². The summed E-state index contributed by atoms with van der Waals surface area (Å²) in [6, 6.07) is 24.0. The summed E-state index contributed by atoms with van der Waals surface area (Å²) in [5, 5.41) is 7.59. The van der Waals surface area contributed by atoms with Gasteiger partial charge in [0, 0.05) is 5.02 Å². The number of rotatable bonds is 4. The Morgan fingerprint density at radius 3 is 2.27 bits per heavy atom. The number of hydrogen-bond acceptors (Lipinski definition) is 5. The number of nitrogens with two attached hydrogens (primary N) is 1. The monoisotopic (exact) mass is 424 g/mol. The van der Waals surface area contributed by atoms with E-state index in [1.165, 1.54) is 0 Å². The van der Waals surface area contributed by atoms with Gasteiger partial charge in [-0.1, -0.05) is 54.1 Å². The number of nitrogens with zero attached hydrogens (tertiary/aromatic N) is 1. The molecule has 0 saturated heterocycles. The molecule has 0 radical (unpaired) electrons. The molecule has 1 aliphatic rings. The van der Waals surface area contributed by atoms with Gasteiger partial charge in [-0.2, -0.15) is 0 Å². The van der Waals surface area contributed by atoms with E-state index >= 15 is 0 Å². The van der Waals surface area contributed by atoms with Crippen LogP contribution in [0, 0.1) is 0 Å². The predicted molar refractivity (Wildman–Crippen MR) is 117 cm³/mol. The third-order valence-electron chi connectivity index (χ3n) is 4.80. The van der Waals surface area contributed by atoms with E-state index in [0.717, 1.165) is 28.0 Å². The minimum Gasteiger partial charge on any atom is -0.497 e. The lowest BCUT2D eigenvalue weighted by Crippen LogP contribution is -2.27. The Bertz CT molecular complexity index is 1050. The molecule has 4 rings (SSSR count). The van der Waals surface area contributed by atoms with Gasteiger partial charge in [0.05, 0.1) is 7.11 Å². The third-order valence-corrected chi connectivity index (χ3v) is 5.03. The minimum atomic E-state index is -0.690. The van der Waals surface area contributed by atoms with E-state index in [2.05, 4.69) is 17.1 Å². The van der Waals surface area contributed by atoms with E-state index in [0.29, 0.717) is 11.6 Å². The van der Waals surface area contributed by atoms with Crippen LogP contribution in [0.25, 0.3) is 11.1 Å². The van der Waals surface area contributed by atoms with Crippen molar-refractivity contribution in [1.82, 2.24) is 0 Å². The summed E-state index contributed by atoms with van der Waals surface area (Å²) in [5.74, 6) is 0.789. The Morgan fingerprint density at radius 1 is 1.07 bits per heavy atom. The largest absolute Gasteiger partial charge is 0.497 e. The number of amidine groups is 1. The Kier molecular flexibility index (Phi) is 6.59. The van der Waals surface area contributed by atoms with Crippen molar-refractivity contribution in [2.75, 3.05) is 13.7 Å². The van der Waals surface area contributed by atoms with Gasteiger partial charge in [-0.05, 0) is 52.6 Å². The summed E-state index contributed by atoms with van der Waals surface area (Å²) in [6.07, 6.45) is 0. The van der Waals surface area contributed by atoms with Crippen LogP contribution in [0.2, 0.25) is 5.02 Å². The average molecular weight is 425 g/mol. The van der Waals surface area contributed by atoms with Crippen molar-refractivity contribution >= 4 is 24.1 Å². The summed E-state index contributed by atoms with van der Waals surface area (Å²) in [6.45, 7) is 0.101. The van der Waals surface area contributed by atoms with Crippen LogP contribution in [0.15, 0.2) is 77.8 Å². The topological polar surface area (TPSA) is 94.1 Å². The predicted octanol–water partition coefficient (Wildman–Crippen LogP) is 4.30. The molecule has 0 amide bonds. The van der Waals surface area contributed by atoms with Crippen molar-refractivity contribution in [3.8, 4) is 16.9 Å². The first-order chi connectivity index (χ1) is 14.5. The van der Waals surface area contributed by atoms with Crippen molar-refractivity contribution in [1.29, 1.82) is 0 Å². The molecule has 1 aliphatic heterocycles. The molecule has 0 spiro atoms. The zero-order chi connectivity index (χ0) is 21.6.